The fourth-order valence-corrected chi connectivity index (χ4v) is 2.49. The van der Waals surface area contributed by atoms with E-state index in [4.69, 9.17) is 16.3 Å². The standard InChI is InChI=1S/C13H16ClN5O/c1-3-20-12-10(14)7-15-13(17-12)19-5-4-9-6-16-18(2)11(9)8-19/h6-7H,3-5,8H2,1-2H3. The topological polar surface area (TPSA) is 56.1 Å². The minimum Gasteiger partial charge on any atom is -0.477 e. The van der Waals surface area contributed by atoms with Gasteiger partial charge in [-0.15, -0.1) is 0 Å². The molecule has 0 saturated heterocycles. The highest BCUT2D eigenvalue weighted by Crippen LogP contribution is 2.26. The number of hydrogen-bond donors (Lipinski definition) is 0. The first-order valence-electron chi connectivity index (χ1n) is 6.59. The van der Waals surface area contributed by atoms with Crippen molar-refractivity contribution in [1.29, 1.82) is 0 Å². The summed E-state index contributed by atoms with van der Waals surface area (Å²) in [5.74, 6) is 1.08. The van der Waals surface area contributed by atoms with E-state index >= 15 is 0 Å². The molecule has 3 heterocycles. The van der Waals surface area contributed by atoms with Gasteiger partial charge in [-0.05, 0) is 18.9 Å². The Morgan fingerprint density at radius 2 is 2.25 bits per heavy atom. The van der Waals surface area contributed by atoms with Gasteiger partial charge in [0.25, 0.3) is 0 Å². The van der Waals surface area contributed by atoms with Crippen molar-refractivity contribution in [3.8, 4) is 5.88 Å². The van der Waals surface area contributed by atoms with E-state index in [0.29, 0.717) is 23.5 Å². The third kappa shape index (κ3) is 2.31. The third-order valence-corrected chi connectivity index (χ3v) is 3.66. The first-order chi connectivity index (χ1) is 9.69. The number of nitrogens with zero attached hydrogens (tertiary/aromatic N) is 5. The van der Waals surface area contributed by atoms with E-state index in [1.165, 1.54) is 11.3 Å². The molecule has 0 aliphatic carbocycles. The van der Waals surface area contributed by atoms with Crippen molar-refractivity contribution in [2.45, 2.75) is 19.9 Å². The van der Waals surface area contributed by atoms with E-state index in [0.717, 1.165) is 19.5 Å². The molecule has 2 aromatic heterocycles. The van der Waals surface area contributed by atoms with Crippen LogP contribution in [0.2, 0.25) is 5.02 Å². The minimum absolute atomic E-state index is 0.439. The van der Waals surface area contributed by atoms with Gasteiger partial charge in [0.15, 0.2) is 0 Å². The number of halogens is 1. The Bertz CT molecular complexity index is 627. The average Bonchev–Trinajstić information content (AvgIpc) is 2.83. The molecule has 1 aliphatic heterocycles. The molecule has 6 nitrogen and oxygen atoms in total. The zero-order valence-corrected chi connectivity index (χ0v) is 12.3. The van der Waals surface area contributed by atoms with Crippen molar-refractivity contribution in [2.24, 2.45) is 7.05 Å². The summed E-state index contributed by atoms with van der Waals surface area (Å²) in [5, 5.41) is 4.73. The lowest BCUT2D eigenvalue weighted by Crippen LogP contribution is -2.32. The molecule has 0 aromatic carbocycles. The molecule has 7 heteroatoms. The second-order valence-corrected chi connectivity index (χ2v) is 5.07. The van der Waals surface area contributed by atoms with Crippen LogP contribution in [0.5, 0.6) is 5.88 Å². The highest BCUT2D eigenvalue weighted by atomic mass is 35.5. The quantitative estimate of drug-likeness (QED) is 0.864. The predicted octanol–water partition coefficient (Wildman–Crippen LogP) is 1.82. The van der Waals surface area contributed by atoms with Gasteiger partial charge in [0.05, 0.1) is 31.2 Å². The summed E-state index contributed by atoms with van der Waals surface area (Å²) in [5.41, 5.74) is 2.50. The van der Waals surface area contributed by atoms with Crippen molar-refractivity contribution in [3.63, 3.8) is 0 Å². The second kappa shape index (κ2) is 5.28. The Balaban J connectivity index is 1.87. The van der Waals surface area contributed by atoms with Gasteiger partial charge in [0, 0.05) is 13.6 Å². The number of fused-ring (bicyclic) bond motifs is 1. The van der Waals surface area contributed by atoms with E-state index in [1.807, 2.05) is 24.9 Å². The van der Waals surface area contributed by atoms with Gasteiger partial charge >= 0.3 is 0 Å². The maximum Gasteiger partial charge on any atom is 0.237 e. The van der Waals surface area contributed by atoms with Crippen LogP contribution in [0.15, 0.2) is 12.4 Å². The molecule has 0 fully saturated rings. The second-order valence-electron chi connectivity index (χ2n) is 4.67. The van der Waals surface area contributed by atoms with Crippen LogP contribution < -0.4 is 9.64 Å². The molecule has 0 radical (unpaired) electrons. The summed E-state index contributed by atoms with van der Waals surface area (Å²) >= 11 is 6.02. The van der Waals surface area contributed by atoms with E-state index < -0.39 is 0 Å². The first kappa shape index (κ1) is 13.2. The van der Waals surface area contributed by atoms with E-state index in [9.17, 15) is 0 Å². The fourth-order valence-electron chi connectivity index (χ4n) is 2.34. The van der Waals surface area contributed by atoms with Crippen LogP contribution in [0.1, 0.15) is 18.2 Å². The Morgan fingerprint density at radius 3 is 3.05 bits per heavy atom. The summed E-state index contributed by atoms with van der Waals surface area (Å²) in [6.07, 6.45) is 4.47. The van der Waals surface area contributed by atoms with Crippen LogP contribution in [0.4, 0.5) is 5.95 Å². The molecule has 20 heavy (non-hydrogen) atoms. The van der Waals surface area contributed by atoms with Crippen molar-refractivity contribution in [1.82, 2.24) is 19.7 Å². The van der Waals surface area contributed by atoms with Crippen LogP contribution in [0.25, 0.3) is 0 Å². The fraction of sp³-hybridized carbons (Fsp3) is 0.462. The average molecular weight is 294 g/mol. The highest BCUT2D eigenvalue weighted by molar-refractivity contribution is 6.31. The molecule has 3 rings (SSSR count). The molecule has 2 aromatic rings. The lowest BCUT2D eigenvalue weighted by molar-refractivity contribution is 0.326. The Morgan fingerprint density at radius 1 is 1.40 bits per heavy atom. The molecule has 0 amide bonds. The van der Waals surface area contributed by atoms with Gasteiger partial charge < -0.3 is 9.64 Å². The van der Waals surface area contributed by atoms with E-state index in [2.05, 4.69) is 20.0 Å². The van der Waals surface area contributed by atoms with Crippen LogP contribution in [0.3, 0.4) is 0 Å². The summed E-state index contributed by atoms with van der Waals surface area (Å²) in [6, 6.07) is 0. The number of ether oxygens (including phenoxy) is 1. The van der Waals surface area contributed by atoms with E-state index in [-0.39, 0.29) is 0 Å². The predicted molar refractivity (Wildman–Crippen MR) is 76.2 cm³/mol. The summed E-state index contributed by atoms with van der Waals surface area (Å²) in [4.78, 5) is 10.8. The zero-order chi connectivity index (χ0) is 14.1. The van der Waals surface area contributed by atoms with Gasteiger partial charge in [-0.2, -0.15) is 10.1 Å². The molecule has 1 aliphatic rings. The summed E-state index contributed by atoms with van der Waals surface area (Å²) in [6.45, 7) is 4.05. The van der Waals surface area contributed by atoms with Crippen LogP contribution in [-0.4, -0.2) is 32.9 Å². The van der Waals surface area contributed by atoms with Crippen molar-refractivity contribution >= 4 is 17.5 Å². The third-order valence-electron chi connectivity index (χ3n) is 3.40. The molecule has 106 valence electrons. The SMILES string of the molecule is CCOc1nc(N2CCc3cnn(C)c3C2)ncc1Cl. The molecule has 0 atom stereocenters. The first-order valence-corrected chi connectivity index (χ1v) is 6.97. The molecular formula is C13H16ClN5O. The van der Waals surface area contributed by atoms with Gasteiger partial charge in [-0.1, -0.05) is 11.6 Å². The number of hydrogen-bond acceptors (Lipinski definition) is 5. The van der Waals surface area contributed by atoms with Crippen molar-refractivity contribution in [2.75, 3.05) is 18.1 Å². The maximum absolute atomic E-state index is 6.02. The maximum atomic E-state index is 6.02. The normalized spacial score (nSPS) is 14.2. The molecule has 0 spiro atoms. The summed E-state index contributed by atoms with van der Waals surface area (Å²) < 4.78 is 7.32. The summed E-state index contributed by atoms with van der Waals surface area (Å²) in [7, 11) is 1.96. The Hall–Kier alpha value is -1.82. The zero-order valence-electron chi connectivity index (χ0n) is 11.5. The van der Waals surface area contributed by atoms with Crippen LogP contribution in [-0.2, 0) is 20.0 Å². The van der Waals surface area contributed by atoms with Crippen molar-refractivity contribution < 1.29 is 4.74 Å². The highest BCUT2D eigenvalue weighted by Gasteiger charge is 2.22. The van der Waals surface area contributed by atoms with Crippen molar-refractivity contribution in [3.05, 3.63) is 28.7 Å². The van der Waals surface area contributed by atoms with Crippen LogP contribution >= 0.6 is 11.6 Å². The molecule has 0 saturated carbocycles. The minimum atomic E-state index is 0.439. The van der Waals surface area contributed by atoms with Gasteiger partial charge in [-0.25, -0.2) is 4.98 Å². The number of rotatable bonds is 3. The molecular weight excluding hydrogens is 278 g/mol. The number of aryl methyl sites for hydroxylation is 1. The monoisotopic (exact) mass is 293 g/mol. The molecule has 0 bridgehead atoms. The molecule has 0 unspecified atom stereocenters. The Labute approximate surface area is 122 Å². The van der Waals surface area contributed by atoms with Gasteiger partial charge in [0.1, 0.15) is 5.02 Å². The smallest absolute Gasteiger partial charge is 0.237 e. The number of anilines is 1. The van der Waals surface area contributed by atoms with Gasteiger partial charge in [-0.3, -0.25) is 4.68 Å². The van der Waals surface area contributed by atoms with E-state index in [1.54, 1.807) is 6.20 Å². The Kier molecular flexibility index (Phi) is 3.48. The number of aromatic nitrogens is 4. The largest absolute Gasteiger partial charge is 0.477 e. The van der Waals surface area contributed by atoms with Crippen LogP contribution in [0, 0.1) is 0 Å². The molecule has 0 N–H and O–H groups in total. The lowest BCUT2D eigenvalue weighted by atomic mass is 10.1. The lowest BCUT2D eigenvalue weighted by Gasteiger charge is -2.27. The van der Waals surface area contributed by atoms with Gasteiger partial charge in [0.2, 0.25) is 11.8 Å².